The summed E-state index contributed by atoms with van der Waals surface area (Å²) in [5.74, 6) is -0.141. The maximum atomic E-state index is 13.0. The minimum atomic E-state index is -0.677. The molecule has 0 amide bonds. The molecule has 9 heteroatoms. The van der Waals surface area contributed by atoms with Gasteiger partial charge < -0.3 is 23.7 Å². The van der Waals surface area contributed by atoms with Gasteiger partial charge in [0.05, 0.1) is 53.0 Å². The molecule has 3 aromatic rings. The highest BCUT2D eigenvalue weighted by molar-refractivity contribution is 6.39. The predicted molar refractivity (Wildman–Crippen MR) is 125 cm³/mol. The van der Waals surface area contributed by atoms with Crippen molar-refractivity contribution >= 4 is 46.3 Å². The topological polar surface area (TPSA) is 80.3 Å². The first kappa shape index (κ1) is 22.1. The van der Waals surface area contributed by atoms with Crippen molar-refractivity contribution in [3.63, 3.8) is 0 Å². The minimum absolute atomic E-state index is 0.0308. The van der Waals surface area contributed by atoms with Gasteiger partial charge >= 0.3 is 11.9 Å². The van der Waals surface area contributed by atoms with Crippen molar-refractivity contribution in [2.45, 2.75) is 0 Å². The largest absolute Gasteiger partial charge is 0.493 e. The Morgan fingerprint density at radius 2 is 1.15 bits per heavy atom. The molecule has 5 rings (SSSR count). The molecule has 0 aliphatic carbocycles. The van der Waals surface area contributed by atoms with Gasteiger partial charge in [0.2, 0.25) is 5.75 Å². The molecule has 2 aliphatic heterocycles. The summed E-state index contributed by atoms with van der Waals surface area (Å²) in [5.41, 5.74) is 1.35. The van der Waals surface area contributed by atoms with E-state index in [9.17, 15) is 9.59 Å². The molecular formula is C25H16Cl2O7. The van der Waals surface area contributed by atoms with Crippen molar-refractivity contribution in [1.29, 1.82) is 0 Å². The molecule has 7 nitrogen and oxygen atoms in total. The van der Waals surface area contributed by atoms with Crippen molar-refractivity contribution in [1.82, 2.24) is 0 Å². The fourth-order valence-electron chi connectivity index (χ4n) is 4.13. The molecule has 34 heavy (non-hydrogen) atoms. The van der Waals surface area contributed by atoms with Gasteiger partial charge in [-0.1, -0.05) is 53.5 Å². The lowest BCUT2D eigenvalue weighted by molar-refractivity contribution is -0.128. The Morgan fingerprint density at radius 1 is 0.676 bits per heavy atom. The highest BCUT2D eigenvalue weighted by Gasteiger charge is 2.37. The predicted octanol–water partition coefficient (Wildman–Crippen LogP) is 3.26. The summed E-state index contributed by atoms with van der Waals surface area (Å²) in [6.45, 7) is 0. The fraction of sp³-hybridized carbons (Fsp3) is 0.120. The highest BCUT2D eigenvalue weighted by Crippen LogP contribution is 2.42. The average molecular weight is 499 g/mol. The smallest absolute Gasteiger partial charge is 0.345 e. The Balaban J connectivity index is 1.87. The standard InChI is InChI=1S/C25H16Cl2O7/c1-30-13-9-12(10-14(31-2)21(13)32-3)16-18-20(27)22-17(19(26)23(18)34-25(16)29)15(24(28)33-22)11-7-5-4-6-8-11/h4-10H,1-3H3. The van der Waals surface area contributed by atoms with Crippen LogP contribution in [0.2, 0.25) is 10.0 Å². The second-order valence-electron chi connectivity index (χ2n) is 7.35. The second kappa shape index (κ2) is 8.27. The van der Waals surface area contributed by atoms with E-state index in [2.05, 4.69) is 0 Å². The van der Waals surface area contributed by atoms with Crippen LogP contribution in [0.3, 0.4) is 0 Å². The van der Waals surface area contributed by atoms with Crippen molar-refractivity contribution in [3.05, 3.63) is 74.1 Å². The van der Waals surface area contributed by atoms with Gasteiger partial charge in [-0.2, -0.15) is 0 Å². The van der Waals surface area contributed by atoms with E-state index in [0.29, 0.717) is 28.4 Å². The molecule has 0 unspecified atom stereocenters. The zero-order chi connectivity index (χ0) is 24.1. The number of methoxy groups -OCH3 is 3. The molecule has 0 saturated heterocycles. The van der Waals surface area contributed by atoms with Crippen molar-refractivity contribution in [2.24, 2.45) is 0 Å². The first-order chi connectivity index (χ1) is 16.4. The van der Waals surface area contributed by atoms with Crippen LogP contribution in [0, 0.1) is 0 Å². The summed E-state index contributed by atoms with van der Waals surface area (Å²) in [6.07, 6.45) is 0. The molecule has 3 aromatic carbocycles. The van der Waals surface area contributed by atoms with Crippen LogP contribution in [0.15, 0.2) is 42.5 Å². The summed E-state index contributed by atoms with van der Waals surface area (Å²) >= 11 is 13.4. The number of fused-ring (bicyclic) bond motifs is 2. The molecule has 172 valence electrons. The number of halogens is 2. The third-order valence-electron chi connectivity index (χ3n) is 5.61. The van der Waals surface area contributed by atoms with Crippen molar-refractivity contribution in [2.75, 3.05) is 21.3 Å². The van der Waals surface area contributed by atoms with Gasteiger partial charge in [-0.25, -0.2) is 9.59 Å². The maximum absolute atomic E-state index is 13.0. The van der Waals surface area contributed by atoms with E-state index < -0.39 is 11.9 Å². The van der Waals surface area contributed by atoms with Crippen LogP contribution in [0.4, 0.5) is 0 Å². The number of hydrogen-bond donors (Lipinski definition) is 0. The summed E-state index contributed by atoms with van der Waals surface area (Å²) in [4.78, 5) is 25.8. The number of carbonyl (C=O) groups excluding carboxylic acids is 2. The van der Waals surface area contributed by atoms with Gasteiger partial charge in [-0.15, -0.1) is 0 Å². The SMILES string of the molecule is COc1cc(C2=c3c(Cl)c4c(c(Cl)c3OC2=O)=C(c2ccccc2)C(=O)O4)cc(OC)c1OC. The number of benzene rings is 3. The van der Waals surface area contributed by atoms with Crippen LogP contribution in [-0.2, 0) is 9.59 Å². The Labute approximate surface area is 203 Å². The van der Waals surface area contributed by atoms with E-state index in [1.165, 1.54) is 21.3 Å². The minimum Gasteiger partial charge on any atom is -0.493 e. The van der Waals surface area contributed by atoms with Gasteiger partial charge in [-0.3, -0.25) is 0 Å². The molecule has 2 aliphatic rings. The third kappa shape index (κ3) is 3.12. The van der Waals surface area contributed by atoms with Crippen LogP contribution >= 0.6 is 23.2 Å². The summed E-state index contributed by atoms with van der Waals surface area (Å²) in [6, 6.07) is 12.1. The van der Waals surface area contributed by atoms with E-state index >= 15 is 0 Å². The molecule has 0 bridgehead atoms. The molecule has 0 N–H and O–H groups in total. The first-order valence-corrected chi connectivity index (χ1v) is 10.8. The lowest BCUT2D eigenvalue weighted by Crippen LogP contribution is -2.15. The summed E-state index contributed by atoms with van der Waals surface area (Å²) < 4.78 is 27.2. The lowest BCUT2D eigenvalue weighted by atomic mass is 10.0. The lowest BCUT2D eigenvalue weighted by Gasteiger charge is -2.14. The van der Waals surface area contributed by atoms with E-state index in [1.54, 1.807) is 36.4 Å². The Hall–Kier alpha value is -3.68. The van der Waals surface area contributed by atoms with Gasteiger partial charge in [-0.05, 0) is 23.3 Å². The average Bonchev–Trinajstić information content (AvgIpc) is 3.39. The molecule has 0 fully saturated rings. The van der Waals surface area contributed by atoms with E-state index in [-0.39, 0.29) is 43.1 Å². The fourth-order valence-corrected chi connectivity index (χ4v) is 4.76. The molecule has 2 heterocycles. The number of hydrogen-bond acceptors (Lipinski definition) is 7. The van der Waals surface area contributed by atoms with Crippen LogP contribution < -0.4 is 34.1 Å². The zero-order valence-corrected chi connectivity index (χ0v) is 19.7. The van der Waals surface area contributed by atoms with E-state index in [4.69, 9.17) is 46.9 Å². The normalized spacial score (nSPS) is 13.9. The molecule has 0 radical (unpaired) electrons. The highest BCUT2D eigenvalue weighted by atomic mass is 35.5. The third-order valence-corrected chi connectivity index (χ3v) is 6.33. The Morgan fingerprint density at radius 3 is 1.59 bits per heavy atom. The summed E-state index contributed by atoms with van der Waals surface area (Å²) in [5, 5.41) is 0.575. The molecular weight excluding hydrogens is 483 g/mol. The number of rotatable bonds is 5. The van der Waals surface area contributed by atoms with E-state index in [0.717, 1.165) is 0 Å². The first-order valence-electron chi connectivity index (χ1n) is 10.0. The van der Waals surface area contributed by atoms with Crippen LogP contribution in [0.1, 0.15) is 11.1 Å². The van der Waals surface area contributed by atoms with Crippen LogP contribution in [0.5, 0.6) is 28.7 Å². The monoisotopic (exact) mass is 498 g/mol. The number of carbonyl (C=O) groups is 2. The van der Waals surface area contributed by atoms with Crippen molar-refractivity contribution < 1.29 is 33.3 Å². The van der Waals surface area contributed by atoms with Gasteiger partial charge in [0.25, 0.3) is 0 Å². The van der Waals surface area contributed by atoms with Gasteiger partial charge in [0.1, 0.15) is 0 Å². The molecule has 0 spiro atoms. The Bertz CT molecular complexity index is 1490. The quantitative estimate of drug-likeness (QED) is 0.394. The maximum Gasteiger partial charge on any atom is 0.345 e. The molecule has 0 aromatic heterocycles. The second-order valence-corrected chi connectivity index (χ2v) is 8.10. The Kier molecular flexibility index (Phi) is 5.38. The van der Waals surface area contributed by atoms with Crippen molar-refractivity contribution in [3.8, 4) is 28.7 Å². The summed E-state index contributed by atoms with van der Waals surface area (Å²) in [7, 11) is 4.40. The number of ether oxygens (including phenoxy) is 5. The number of esters is 2. The molecule has 0 atom stereocenters. The van der Waals surface area contributed by atoms with Crippen LogP contribution in [0.25, 0.3) is 11.1 Å². The zero-order valence-electron chi connectivity index (χ0n) is 18.2. The van der Waals surface area contributed by atoms with E-state index in [1.807, 2.05) is 6.07 Å². The van der Waals surface area contributed by atoms with Gasteiger partial charge in [0, 0.05) is 0 Å². The molecule has 0 saturated carbocycles. The van der Waals surface area contributed by atoms with Gasteiger partial charge in [0.15, 0.2) is 23.0 Å². The van der Waals surface area contributed by atoms with Crippen LogP contribution in [-0.4, -0.2) is 33.3 Å².